The molecule has 0 bridgehead atoms. The van der Waals surface area contributed by atoms with E-state index in [2.05, 4.69) is 64.7 Å². The standard InChI is InChI=1S/C19H32N4O.HI/c1-3-20-18(22-15-19(16-24)11-12-19)21-13-8-14-23(4-2)17-9-6-5-7-10-17;/h5-7,9-10,24H,3-4,8,11-16H2,1-2H3,(H2,20,21,22);1H. The summed E-state index contributed by atoms with van der Waals surface area (Å²) in [5.74, 6) is 0.861. The first-order valence-corrected chi connectivity index (χ1v) is 9.16. The van der Waals surface area contributed by atoms with Gasteiger partial charge in [-0.25, -0.2) is 0 Å². The van der Waals surface area contributed by atoms with Crippen LogP contribution in [0, 0.1) is 5.41 Å². The topological polar surface area (TPSA) is 59.9 Å². The van der Waals surface area contributed by atoms with Crippen molar-refractivity contribution in [2.75, 3.05) is 44.2 Å². The number of aliphatic hydroxyl groups is 1. The van der Waals surface area contributed by atoms with E-state index < -0.39 is 0 Å². The number of hydrogen-bond donors (Lipinski definition) is 3. The van der Waals surface area contributed by atoms with Crippen LogP contribution in [-0.4, -0.2) is 50.4 Å². The Balaban J connectivity index is 0.00000312. The third-order valence-electron chi connectivity index (χ3n) is 4.61. The van der Waals surface area contributed by atoms with Gasteiger partial charge in [0.25, 0.3) is 0 Å². The predicted octanol–water partition coefficient (Wildman–Crippen LogP) is 2.85. The molecule has 3 N–H and O–H groups in total. The number of nitrogens with one attached hydrogen (secondary N) is 2. The van der Waals surface area contributed by atoms with Gasteiger partial charge in [0.05, 0.1) is 13.2 Å². The zero-order chi connectivity index (χ0) is 17.3. The smallest absolute Gasteiger partial charge is 0.191 e. The molecule has 142 valence electrons. The van der Waals surface area contributed by atoms with Crippen molar-refractivity contribution in [2.45, 2.75) is 33.1 Å². The van der Waals surface area contributed by atoms with Crippen molar-refractivity contribution in [1.82, 2.24) is 10.6 Å². The number of halogens is 1. The highest BCUT2D eigenvalue weighted by molar-refractivity contribution is 14.0. The van der Waals surface area contributed by atoms with Crippen LogP contribution in [0.2, 0.25) is 0 Å². The van der Waals surface area contributed by atoms with E-state index in [1.807, 2.05) is 0 Å². The van der Waals surface area contributed by atoms with E-state index in [-0.39, 0.29) is 36.0 Å². The average Bonchev–Trinajstić information content (AvgIpc) is 3.41. The molecule has 1 aliphatic rings. The summed E-state index contributed by atoms with van der Waals surface area (Å²) < 4.78 is 0. The molecule has 0 heterocycles. The van der Waals surface area contributed by atoms with Crippen molar-refractivity contribution in [3.8, 4) is 0 Å². The fourth-order valence-electron chi connectivity index (χ4n) is 2.72. The molecule has 5 nitrogen and oxygen atoms in total. The number of anilines is 1. The molecular weight excluding hydrogens is 427 g/mol. The van der Waals surface area contributed by atoms with Gasteiger partial charge in [0, 0.05) is 37.3 Å². The first kappa shape index (κ1) is 22.0. The molecule has 1 fully saturated rings. The molecule has 0 unspecified atom stereocenters. The van der Waals surface area contributed by atoms with Gasteiger partial charge in [-0.1, -0.05) is 18.2 Å². The van der Waals surface area contributed by atoms with E-state index in [4.69, 9.17) is 0 Å². The molecule has 0 amide bonds. The third kappa shape index (κ3) is 7.40. The second-order valence-corrected chi connectivity index (χ2v) is 6.55. The molecule has 6 heteroatoms. The molecule has 0 aromatic heterocycles. The van der Waals surface area contributed by atoms with Crippen LogP contribution in [0.1, 0.15) is 33.1 Å². The minimum absolute atomic E-state index is 0. The molecule has 0 atom stereocenters. The monoisotopic (exact) mass is 460 g/mol. The van der Waals surface area contributed by atoms with Crippen molar-refractivity contribution < 1.29 is 5.11 Å². The zero-order valence-corrected chi connectivity index (χ0v) is 17.8. The molecule has 0 radical (unpaired) electrons. The van der Waals surface area contributed by atoms with E-state index in [1.54, 1.807) is 0 Å². The summed E-state index contributed by atoms with van der Waals surface area (Å²) >= 11 is 0. The van der Waals surface area contributed by atoms with E-state index in [0.29, 0.717) is 6.54 Å². The van der Waals surface area contributed by atoms with E-state index in [0.717, 1.165) is 51.4 Å². The second kappa shape index (κ2) is 11.6. The highest BCUT2D eigenvalue weighted by Gasteiger charge is 2.41. The number of rotatable bonds is 10. The maximum absolute atomic E-state index is 9.39. The maximum Gasteiger partial charge on any atom is 0.191 e. The Kier molecular flexibility index (Phi) is 10.2. The summed E-state index contributed by atoms with van der Waals surface area (Å²) in [6.45, 7) is 9.00. The first-order valence-electron chi connectivity index (χ1n) is 9.16. The van der Waals surface area contributed by atoms with Crippen LogP contribution in [0.3, 0.4) is 0 Å². The quantitative estimate of drug-likeness (QED) is 0.218. The Labute approximate surface area is 169 Å². The number of aliphatic imine (C=N–C) groups is 1. The Bertz CT molecular complexity index is 505. The van der Waals surface area contributed by atoms with Crippen LogP contribution in [0.25, 0.3) is 0 Å². The van der Waals surface area contributed by atoms with E-state index >= 15 is 0 Å². The lowest BCUT2D eigenvalue weighted by Gasteiger charge is -2.23. The van der Waals surface area contributed by atoms with Gasteiger partial charge in [-0.15, -0.1) is 24.0 Å². The molecule has 1 aromatic carbocycles. The lowest BCUT2D eigenvalue weighted by Crippen LogP contribution is -2.39. The fraction of sp³-hybridized carbons (Fsp3) is 0.632. The largest absolute Gasteiger partial charge is 0.396 e. The number of nitrogens with zero attached hydrogens (tertiary/aromatic N) is 2. The van der Waals surface area contributed by atoms with Crippen LogP contribution in [0.4, 0.5) is 5.69 Å². The first-order chi connectivity index (χ1) is 11.7. The Morgan fingerprint density at radius 2 is 1.92 bits per heavy atom. The summed E-state index contributed by atoms with van der Waals surface area (Å²) in [7, 11) is 0. The molecule has 1 aliphatic carbocycles. The predicted molar refractivity (Wildman–Crippen MR) is 117 cm³/mol. The summed E-state index contributed by atoms with van der Waals surface area (Å²) in [5, 5.41) is 16.1. The number of benzene rings is 1. The number of aliphatic hydroxyl groups excluding tert-OH is 1. The molecule has 0 aliphatic heterocycles. The third-order valence-corrected chi connectivity index (χ3v) is 4.61. The Hall–Kier alpha value is -1.02. The fourth-order valence-corrected chi connectivity index (χ4v) is 2.72. The van der Waals surface area contributed by atoms with Crippen LogP contribution < -0.4 is 15.5 Å². The molecule has 25 heavy (non-hydrogen) atoms. The summed E-state index contributed by atoms with van der Waals surface area (Å²) in [5.41, 5.74) is 1.34. The van der Waals surface area contributed by atoms with E-state index in [9.17, 15) is 5.11 Å². The number of para-hydroxylation sites is 1. The van der Waals surface area contributed by atoms with Crippen molar-refractivity contribution in [1.29, 1.82) is 0 Å². The lowest BCUT2D eigenvalue weighted by atomic mass is 10.1. The normalized spacial score (nSPS) is 15.2. The van der Waals surface area contributed by atoms with Crippen molar-refractivity contribution >= 4 is 35.6 Å². The van der Waals surface area contributed by atoms with Gasteiger partial charge in [0.2, 0.25) is 0 Å². The molecule has 1 aromatic rings. The summed E-state index contributed by atoms with van der Waals surface area (Å²) in [6.07, 6.45) is 3.24. The molecular formula is C19H33IN4O. The van der Waals surface area contributed by atoms with Crippen LogP contribution in [0.15, 0.2) is 35.3 Å². The minimum atomic E-state index is 0. The van der Waals surface area contributed by atoms with Crippen LogP contribution in [0.5, 0.6) is 0 Å². The highest BCUT2D eigenvalue weighted by atomic mass is 127. The summed E-state index contributed by atoms with van der Waals surface area (Å²) in [4.78, 5) is 7.02. The zero-order valence-electron chi connectivity index (χ0n) is 15.5. The van der Waals surface area contributed by atoms with Gasteiger partial charge in [0.1, 0.15) is 0 Å². The lowest BCUT2D eigenvalue weighted by molar-refractivity contribution is 0.217. The molecule has 1 saturated carbocycles. The van der Waals surface area contributed by atoms with Gasteiger partial charge in [-0.2, -0.15) is 0 Å². The minimum Gasteiger partial charge on any atom is -0.396 e. The Morgan fingerprint density at radius 3 is 2.48 bits per heavy atom. The van der Waals surface area contributed by atoms with Gasteiger partial charge in [-0.05, 0) is 45.2 Å². The Morgan fingerprint density at radius 1 is 1.20 bits per heavy atom. The van der Waals surface area contributed by atoms with Crippen molar-refractivity contribution in [2.24, 2.45) is 10.4 Å². The maximum atomic E-state index is 9.39. The number of guanidine groups is 1. The van der Waals surface area contributed by atoms with Crippen molar-refractivity contribution in [3.05, 3.63) is 30.3 Å². The van der Waals surface area contributed by atoms with E-state index in [1.165, 1.54) is 5.69 Å². The van der Waals surface area contributed by atoms with Gasteiger partial charge >= 0.3 is 0 Å². The molecule has 0 spiro atoms. The summed E-state index contributed by atoms with van der Waals surface area (Å²) in [6, 6.07) is 10.5. The van der Waals surface area contributed by atoms with Crippen LogP contribution >= 0.6 is 24.0 Å². The van der Waals surface area contributed by atoms with Crippen molar-refractivity contribution in [3.63, 3.8) is 0 Å². The number of hydrogen-bond acceptors (Lipinski definition) is 3. The van der Waals surface area contributed by atoms with Gasteiger partial charge in [-0.3, -0.25) is 4.99 Å². The second-order valence-electron chi connectivity index (χ2n) is 6.55. The highest BCUT2D eigenvalue weighted by Crippen LogP contribution is 2.45. The molecule has 0 saturated heterocycles. The van der Waals surface area contributed by atoms with Gasteiger partial charge in [0.15, 0.2) is 5.96 Å². The van der Waals surface area contributed by atoms with Gasteiger partial charge < -0.3 is 20.6 Å². The average molecular weight is 460 g/mol. The van der Waals surface area contributed by atoms with Crippen LogP contribution in [-0.2, 0) is 0 Å². The SMILES string of the molecule is CCNC(=NCC1(CO)CC1)NCCCN(CC)c1ccccc1.I. The molecule has 2 rings (SSSR count).